The first-order valence-electron chi connectivity index (χ1n) is 22.0. The minimum atomic E-state index is -4.55. The van der Waals surface area contributed by atoms with Crippen molar-refractivity contribution in [1.82, 2.24) is 51.0 Å². The van der Waals surface area contributed by atoms with Gasteiger partial charge >= 0.3 is 23.8 Å². The van der Waals surface area contributed by atoms with Gasteiger partial charge in [0.2, 0.25) is 16.7 Å². The second kappa shape index (κ2) is 20.5. The van der Waals surface area contributed by atoms with E-state index >= 15 is 9.59 Å². The monoisotopic (exact) mass is 1040 g/mol. The van der Waals surface area contributed by atoms with Crippen LogP contribution in [-0.4, -0.2) is 133 Å². The fourth-order valence-electron chi connectivity index (χ4n) is 8.70. The van der Waals surface area contributed by atoms with Crippen LogP contribution in [0.4, 0.5) is 4.79 Å². The molecule has 21 nitrogen and oxygen atoms in total. The molecule has 3 aliphatic rings. The van der Waals surface area contributed by atoms with Crippen LogP contribution in [0.25, 0.3) is 0 Å². The number of β-lactam (4-membered cyclic amide) rings is 1. The van der Waals surface area contributed by atoms with Crippen molar-refractivity contribution in [3.63, 3.8) is 0 Å². The van der Waals surface area contributed by atoms with Gasteiger partial charge in [-0.25, -0.2) is 14.3 Å². The van der Waals surface area contributed by atoms with E-state index in [1.165, 1.54) is 4.90 Å². The van der Waals surface area contributed by atoms with E-state index in [0.29, 0.717) is 0 Å². The molecule has 0 bridgehead atoms. The zero-order valence-electron chi connectivity index (χ0n) is 38.4. The van der Waals surface area contributed by atoms with E-state index in [-0.39, 0.29) is 47.4 Å². The summed E-state index contributed by atoms with van der Waals surface area (Å²) in [4.78, 5) is 87.6. The summed E-state index contributed by atoms with van der Waals surface area (Å²) in [5.74, 6) is -6.52. The second-order valence-electron chi connectivity index (χ2n) is 17.7. The topological polar surface area (TPSA) is 276 Å². The van der Waals surface area contributed by atoms with E-state index in [2.05, 4.69) is 31.6 Å². The first-order chi connectivity index (χ1) is 33.8. The molecule has 0 spiro atoms. The number of carboxylic acids is 1. The molecule has 0 aliphatic carbocycles. The van der Waals surface area contributed by atoms with Crippen molar-refractivity contribution in [3.8, 4) is 0 Å². The number of imide groups is 1. The number of thioether (sulfide) groups is 2. The molecular weight excluding hydrogens is 993 g/mol. The maximum absolute atomic E-state index is 15.2. The lowest BCUT2D eigenvalue weighted by Gasteiger charge is -2.58. The molecule has 5 N–H and O–H groups in total. The van der Waals surface area contributed by atoms with E-state index < -0.39 is 87.8 Å². The van der Waals surface area contributed by atoms with Crippen molar-refractivity contribution >= 4 is 88.0 Å². The van der Waals surface area contributed by atoms with Gasteiger partial charge in [-0.05, 0) is 42.5 Å². The molecule has 8 rings (SSSR count). The zero-order chi connectivity index (χ0) is 50.7. The van der Waals surface area contributed by atoms with Gasteiger partial charge in [0.25, 0.3) is 24.3 Å². The lowest BCUT2D eigenvalue weighted by atomic mass is 9.94. The van der Waals surface area contributed by atoms with Gasteiger partial charge in [0.15, 0.2) is 5.88 Å². The number of amides is 6. The van der Waals surface area contributed by atoms with Gasteiger partial charge in [-0.2, -0.15) is 13.9 Å². The van der Waals surface area contributed by atoms with E-state index in [9.17, 15) is 37.3 Å². The van der Waals surface area contributed by atoms with Crippen molar-refractivity contribution in [2.75, 3.05) is 24.6 Å². The Bertz CT molecular complexity index is 2950. The lowest BCUT2D eigenvalue weighted by Crippen LogP contribution is -2.87. The predicted octanol–water partition coefficient (Wildman–Crippen LogP) is 2.08. The molecule has 71 heavy (non-hydrogen) atoms. The number of nitrogens with one attached hydrogen (secondary N) is 3. The summed E-state index contributed by atoms with van der Waals surface area (Å²) in [6.07, 6.45) is 0. The number of hydrogen-bond donors (Lipinski definition) is 5. The van der Waals surface area contributed by atoms with Crippen LogP contribution in [0.5, 0.6) is 0 Å². The Kier molecular flexibility index (Phi) is 14.6. The summed E-state index contributed by atoms with van der Waals surface area (Å²) in [6.45, 7) is 5.95. The van der Waals surface area contributed by atoms with Crippen LogP contribution in [0.3, 0.4) is 0 Å². The number of carbonyl (C=O) groups is 6. The Balaban J connectivity index is 1.15. The largest absolute Gasteiger partial charge is 0.477 e. The first-order valence-corrected chi connectivity index (χ1v) is 27.5. The number of aliphatic carboxylic acids is 1. The van der Waals surface area contributed by atoms with Crippen LogP contribution >= 0.6 is 23.5 Å². The number of piperazine rings is 1. The number of carbonyl (C=O) groups excluding carboxylic acids is 5. The van der Waals surface area contributed by atoms with Crippen LogP contribution in [0.1, 0.15) is 37.9 Å². The normalized spacial score (nSPS) is 19.0. The van der Waals surface area contributed by atoms with Gasteiger partial charge in [0, 0.05) is 31.1 Å². The average molecular weight is 1040 g/mol. The minimum absolute atomic E-state index is 0.0203. The van der Waals surface area contributed by atoms with Gasteiger partial charge in [-0.15, -0.1) is 16.9 Å². The van der Waals surface area contributed by atoms with Crippen LogP contribution in [-0.2, 0) is 51.0 Å². The summed E-state index contributed by atoms with van der Waals surface area (Å²) in [6, 6.07) is 33.3. The molecule has 2 fully saturated rings. The van der Waals surface area contributed by atoms with Crippen molar-refractivity contribution in [3.05, 3.63) is 144 Å². The third-order valence-electron chi connectivity index (χ3n) is 12.1. The number of benzene rings is 4. The number of fused-ring (bicyclic) bond motifs is 1. The highest BCUT2D eigenvalue weighted by molar-refractivity contribution is 8.01. The standard InChI is InChI=1S/C46H48N10O11S3Si/c1-45(2,3)71(33-20-12-6-13-21-33,34-22-14-7-15-23-34)67-50-46(41(62)56-36(40(60)61)32(27-68-42(46)56)28-69-44-49-51-52-55(44)29-70(64,65)66)48-37(57)35(31-18-10-5-11-19-31)47-43(63)54-25-24-53(38(58)39(54)59)26-30-16-8-4-9-17-30/h4-23,35,42,50H,24-29H2,1-3H3,(H,47,63)(H,48,57)(H,60,61)(H,64,65,66)/t35?,42-,46-/m0/s1. The number of urea groups is 1. The van der Waals surface area contributed by atoms with E-state index in [1.54, 1.807) is 42.5 Å². The number of carboxylic acid groups (broad SMARTS) is 1. The quantitative estimate of drug-likeness (QED) is 0.0170. The molecule has 1 unspecified atom stereocenters. The summed E-state index contributed by atoms with van der Waals surface area (Å²) >= 11 is 1.97. The molecule has 3 aliphatic heterocycles. The lowest BCUT2D eigenvalue weighted by molar-refractivity contribution is -0.170. The second-order valence-corrected chi connectivity index (χ2v) is 25.3. The average Bonchev–Trinajstić information content (AvgIpc) is 3.79. The van der Waals surface area contributed by atoms with Crippen molar-refractivity contribution in [1.29, 1.82) is 0 Å². The van der Waals surface area contributed by atoms with Gasteiger partial charge in [0.1, 0.15) is 17.1 Å². The van der Waals surface area contributed by atoms with Crippen molar-refractivity contribution in [2.24, 2.45) is 0 Å². The molecule has 4 heterocycles. The zero-order valence-corrected chi connectivity index (χ0v) is 41.8. The number of tetrazole rings is 1. The minimum Gasteiger partial charge on any atom is -0.477 e. The molecule has 0 radical (unpaired) electrons. The highest BCUT2D eigenvalue weighted by Crippen LogP contribution is 2.47. The van der Waals surface area contributed by atoms with Gasteiger partial charge < -0.3 is 25.2 Å². The highest BCUT2D eigenvalue weighted by atomic mass is 32.2. The third kappa shape index (κ3) is 10.2. The van der Waals surface area contributed by atoms with E-state index in [1.807, 2.05) is 99.6 Å². The fraction of sp³-hybridized carbons (Fsp3) is 0.283. The number of hydroxylamine groups is 1. The fourth-order valence-corrected chi connectivity index (χ4v) is 15.9. The van der Waals surface area contributed by atoms with Crippen LogP contribution in [0, 0.1) is 0 Å². The van der Waals surface area contributed by atoms with Crippen molar-refractivity contribution < 1.29 is 51.4 Å². The van der Waals surface area contributed by atoms with Crippen LogP contribution in [0.2, 0.25) is 5.04 Å². The Morgan fingerprint density at radius 1 is 0.887 bits per heavy atom. The molecule has 370 valence electrons. The van der Waals surface area contributed by atoms with Crippen LogP contribution < -0.4 is 26.5 Å². The number of hydrogen-bond acceptors (Lipinski definition) is 15. The maximum Gasteiger partial charge on any atom is 0.352 e. The number of aromatic nitrogens is 4. The van der Waals surface area contributed by atoms with E-state index in [0.717, 1.165) is 53.9 Å². The van der Waals surface area contributed by atoms with Crippen molar-refractivity contribution in [2.45, 2.75) is 60.5 Å². The van der Waals surface area contributed by atoms with Gasteiger partial charge in [0.05, 0.1) is 0 Å². The number of rotatable bonds is 17. The number of nitrogens with zero attached hydrogens (tertiary/aromatic N) is 7. The van der Waals surface area contributed by atoms with Gasteiger partial charge in [-0.1, -0.05) is 154 Å². The molecule has 2 saturated heterocycles. The summed E-state index contributed by atoms with van der Waals surface area (Å²) in [5, 5.41) is 26.7. The van der Waals surface area contributed by atoms with E-state index in [4.69, 9.17) is 4.53 Å². The summed E-state index contributed by atoms with van der Waals surface area (Å²) in [7, 11) is -8.14. The summed E-state index contributed by atoms with van der Waals surface area (Å²) in [5.41, 5.74) is 1.65. The molecule has 3 atom stereocenters. The molecular formula is C46H48N10O11S3Si. The Morgan fingerprint density at radius 2 is 1.48 bits per heavy atom. The maximum atomic E-state index is 15.2. The molecule has 0 saturated carbocycles. The predicted molar refractivity (Wildman–Crippen MR) is 262 cm³/mol. The molecule has 5 aromatic rings. The molecule has 1 aromatic heterocycles. The van der Waals surface area contributed by atoms with Gasteiger partial charge in [-0.3, -0.25) is 33.5 Å². The van der Waals surface area contributed by atoms with Crippen LogP contribution in [0.15, 0.2) is 138 Å². The first kappa shape index (κ1) is 50.6. The third-order valence-corrected chi connectivity index (χ3v) is 19.9. The Morgan fingerprint density at radius 3 is 2.06 bits per heavy atom. The summed E-state index contributed by atoms with van der Waals surface area (Å²) < 4.78 is 40.6. The molecule has 6 amide bonds. The Labute approximate surface area is 417 Å². The molecule has 4 aromatic carbocycles. The Hall–Kier alpha value is -6.74. The highest BCUT2D eigenvalue weighted by Gasteiger charge is 2.68. The molecule has 25 heteroatoms. The SMILES string of the molecule is CC(C)(C)[Si](ON[C@@]1(NC(=O)C(NC(=O)N2CCN(Cc3ccccc3)C(=O)C2=O)c2ccccc2)C(=O)N2C(C(=O)O)=C(CSc3nnnn3CS(=O)(=O)O)CS[C@H]21)(c1ccccc1)c1ccccc1. The smallest absolute Gasteiger partial charge is 0.352 e.